The van der Waals surface area contributed by atoms with Crippen molar-refractivity contribution in [3.8, 4) is 5.75 Å². The first-order valence-corrected chi connectivity index (χ1v) is 11.6. The molecule has 0 atom stereocenters. The van der Waals surface area contributed by atoms with E-state index in [1.54, 1.807) is 6.92 Å². The number of carbonyl (C=O) groups excluding carboxylic acids is 1. The average molecular weight is 455 g/mol. The van der Waals surface area contributed by atoms with Crippen molar-refractivity contribution >= 4 is 21.8 Å². The van der Waals surface area contributed by atoms with E-state index in [0.29, 0.717) is 5.75 Å². The van der Waals surface area contributed by atoms with Crippen molar-refractivity contribution in [2.45, 2.75) is 24.9 Å². The molecule has 0 radical (unpaired) electrons. The minimum absolute atomic E-state index is 0.0389. The molecule has 168 valence electrons. The summed E-state index contributed by atoms with van der Waals surface area (Å²) < 4.78 is 38.9. The first kappa shape index (κ1) is 23.3. The fourth-order valence-corrected chi connectivity index (χ4v) is 4.61. The lowest BCUT2D eigenvalue weighted by atomic mass is 10.2. The van der Waals surface area contributed by atoms with Crippen LogP contribution in [0.2, 0.25) is 0 Å². The zero-order valence-electron chi connectivity index (χ0n) is 18.0. The van der Waals surface area contributed by atoms with Crippen molar-refractivity contribution in [3.05, 3.63) is 90.0 Å². The fourth-order valence-electron chi connectivity index (χ4n) is 3.17. The van der Waals surface area contributed by atoms with Gasteiger partial charge in [0.15, 0.2) is 0 Å². The van der Waals surface area contributed by atoms with Gasteiger partial charge >= 0.3 is 6.09 Å². The van der Waals surface area contributed by atoms with Crippen molar-refractivity contribution in [2.24, 2.45) is 0 Å². The minimum atomic E-state index is -3.91. The number of rotatable bonds is 9. The van der Waals surface area contributed by atoms with Crippen LogP contribution in [0, 0.1) is 0 Å². The second-order valence-corrected chi connectivity index (χ2v) is 8.89. The smallest absolute Gasteiger partial charge is 0.411 e. The predicted molar refractivity (Wildman–Crippen MR) is 123 cm³/mol. The molecule has 3 rings (SSSR count). The summed E-state index contributed by atoms with van der Waals surface area (Å²) in [5, 5.41) is 2.54. The Morgan fingerprint density at radius 2 is 1.47 bits per heavy atom. The Morgan fingerprint density at radius 3 is 1.97 bits per heavy atom. The van der Waals surface area contributed by atoms with Crippen LogP contribution >= 0.6 is 0 Å². The van der Waals surface area contributed by atoms with Crippen LogP contribution in [-0.2, 0) is 27.8 Å². The highest BCUT2D eigenvalue weighted by Crippen LogP contribution is 2.30. The van der Waals surface area contributed by atoms with E-state index >= 15 is 0 Å². The van der Waals surface area contributed by atoms with Gasteiger partial charge in [0.2, 0.25) is 10.0 Å². The number of ether oxygens (including phenoxy) is 2. The summed E-state index contributed by atoms with van der Waals surface area (Å²) >= 11 is 0. The summed E-state index contributed by atoms with van der Waals surface area (Å²) in [6.45, 7) is 2.27. The number of anilines is 1. The van der Waals surface area contributed by atoms with Gasteiger partial charge in [-0.2, -0.15) is 4.31 Å². The van der Waals surface area contributed by atoms with Gasteiger partial charge in [-0.3, -0.25) is 5.32 Å². The van der Waals surface area contributed by atoms with Crippen molar-refractivity contribution in [2.75, 3.05) is 19.0 Å². The molecular formula is C24H26N2O5S. The number of hydrogen-bond donors (Lipinski definition) is 1. The molecule has 0 heterocycles. The Balaban J connectivity index is 1.98. The highest BCUT2D eigenvalue weighted by Gasteiger charge is 2.26. The average Bonchev–Trinajstić information content (AvgIpc) is 2.80. The van der Waals surface area contributed by atoms with Gasteiger partial charge in [-0.05, 0) is 36.2 Å². The summed E-state index contributed by atoms with van der Waals surface area (Å²) in [4.78, 5) is 11.9. The van der Waals surface area contributed by atoms with Gasteiger partial charge in [0, 0.05) is 13.1 Å². The van der Waals surface area contributed by atoms with E-state index < -0.39 is 16.1 Å². The summed E-state index contributed by atoms with van der Waals surface area (Å²) in [7, 11) is -2.47. The molecule has 8 heteroatoms. The number of nitrogens with zero attached hydrogens (tertiary/aromatic N) is 1. The Kier molecular flexibility index (Phi) is 7.86. The van der Waals surface area contributed by atoms with Gasteiger partial charge in [0.05, 0.1) is 24.3 Å². The van der Waals surface area contributed by atoms with Gasteiger partial charge in [-0.1, -0.05) is 60.7 Å². The second kappa shape index (κ2) is 10.8. The number of amides is 1. The Bertz CT molecular complexity index is 1090. The molecular weight excluding hydrogens is 428 g/mol. The van der Waals surface area contributed by atoms with E-state index in [1.807, 2.05) is 60.7 Å². The largest absolute Gasteiger partial charge is 0.495 e. The molecule has 7 nitrogen and oxygen atoms in total. The standard InChI is InChI=1S/C24H26N2O5S/c1-3-31-24(27)25-22-16-21(14-15-23(22)30-2)32(28,29)26(17-19-10-6-4-7-11-19)18-20-12-8-5-9-13-20/h4-16H,3,17-18H2,1-2H3,(H,25,27). The van der Waals surface area contributed by atoms with Gasteiger partial charge < -0.3 is 9.47 Å². The van der Waals surface area contributed by atoms with Crippen LogP contribution in [0.15, 0.2) is 83.8 Å². The quantitative estimate of drug-likeness (QED) is 0.509. The molecule has 0 unspecified atom stereocenters. The molecule has 3 aromatic rings. The van der Waals surface area contributed by atoms with Crippen molar-refractivity contribution < 1.29 is 22.7 Å². The Morgan fingerprint density at radius 1 is 0.906 bits per heavy atom. The van der Waals surface area contributed by atoms with E-state index in [2.05, 4.69) is 5.32 Å². The van der Waals surface area contributed by atoms with Crippen LogP contribution in [0.5, 0.6) is 5.75 Å². The third-order valence-corrected chi connectivity index (χ3v) is 6.51. The van der Waals surface area contributed by atoms with Crippen molar-refractivity contribution in [3.63, 3.8) is 0 Å². The molecule has 0 spiro atoms. The monoisotopic (exact) mass is 454 g/mol. The van der Waals surface area contributed by atoms with Crippen molar-refractivity contribution in [1.82, 2.24) is 4.31 Å². The predicted octanol–water partition coefficient (Wildman–Crippen LogP) is 4.65. The summed E-state index contributed by atoms with van der Waals surface area (Å²) in [5.41, 5.74) is 1.95. The summed E-state index contributed by atoms with van der Waals surface area (Å²) in [6, 6.07) is 23.2. The molecule has 0 aliphatic carbocycles. The highest BCUT2D eigenvalue weighted by molar-refractivity contribution is 7.89. The zero-order valence-corrected chi connectivity index (χ0v) is 18.8. The third-order valence-electron chi connectivity index (χ3n) is 4.72. The lowest BCUT2D eigenvalue weighted by Gasteiger charge is -2.23. The van der Waals surface area contributed by atoms with Gasteiger partial charge in [0.25, 0.3) is 0 Å². The number of benzene rings is 3. The highest BCUT2D eigenvalue weighted by atomic mass is 32.2. The normalized spacial score (nSPS) is 11.2. The van der Waals surface area contributed by atoms with Crippen LogP contribution in [0.1, 0.15) is 18.1 Å². The molecule has 1 amide bonds. The van der Waals surface area contributed by atoms with Crippen LogP contribution in [0.4, 0.5) is 10.5 Å². The van der Waals surface area contributed by atoms with E-state index in [0.717, 1.165) is 11.1 Å². The van der Waals surface area contributed by atoms with E-state index in [1.165, 1.54) is 29.6 Å². The van der Waals surface area contributed by atoms with Gasteiger partial charge in [0.1, 0.15) is 5.75 Å². The SMILES string of the molecule is CCOC(=O)Nc1cc(S(=O)(=O)N(Cc2ccccc2)Cc2ccccc2)ccc1OC. The summed E-state index contributed by atoms with van der Waals surface area (Å²) in [6.07, 6.45) is -0.689. The number of methoxy groups -OCH3 is 1. The van der Waals surface area contributed by atoms with Gasteiger partial charge in [-0.15, -0.1) is 0 Å². The third kappa shape index (κ3) is 5.87. The van der Waals surface area contributed by atoms with E-state index in [4.69, 9.17) is 9.47 Å². The second-order valence-electron chi connectivity index (χ2n) is 6.95. The first-order valence-electron chi connectivity index (χ1n) is 10.1. The Hall–Kier alpha value is -3.36. The molecule has 0 bridgehead atoms. The number of hydrogen-bond acceptors (Lipinski definition) is 5. The van der Waals surface area contributed by atoms with E-state index in [-0.39, 0.29) is 30.3 Å². The first-order chi connectivity index (χ1) is 15.4. The molecule has 1 N–H and O–H groups in total. The molecule has 32 heavy (non-hydrogen) atoms. The van der Waals surface area contributed by atoms with Crippen LogP contribution in [-0.4, -0.2) is 32.5 Å². The van der Waals surface area contributed by atoms with Gasteiger partial charge in [-0.25, -0.2) is 13.2 Å². The minimum Gasteiger partial charge on any atom is -0.495 e. The summed E-state index contributed by atoms with van der Waals surface area (Å²) in [5.74, 6) is 0.328. The molecule has 0 aliphatic heterocycles. The molecule has 0 aliphatic rings. The van der Waals surface area contributed by atoms with E-state index in [9.17, 15) is 13.2 Å². The van der Waals surface area contributed by atoms with Crippen molar-refractivity contribution in [1.29, 1.82) is 0 Å². The molecule has 0 saturated heterocycles. The lowest BCUT2D eigenvalue weighted by molar-refractivity contribution is 0.168. The molecule has 0 fully saturated rings. The lowest BCUT2D eigenvalue weighted by Crippen LogP contribution is -2.30. The van der Waals surface area contributed by atoms with Crippen LogP contribution in [0.3, 0.4) is 0 Å². The zero-order chi connectivity index (χ0) is 23.0. The molecule has 3 aromatic carbocycles. The number of nitrogens with one attached hydrogen (secondary N) is 1. The maximum absolute atomic E-state index is 13.6. The van der Waals surface area contributed by atoms with Crippen LogP contribution < -0.4 is 10.1 Å². The molecule has 0 aromatic heterocycles. The number of carbonyl (C=O) groups is 1. The maximum Gasteiger partial charge on any atom is 0.411 e. The Labute approximate surface area is 188 Å². The maximum atomic E-state index is 13.6. The fraction of sp³-hybridized carbons (Fsp3) is 0.208. The molecule has 0 saturated carbocycles. The van der Waals surface area contributed by atoms with Crippen LogP contribution in [0.25, 0.3) is 0 Å². The number of sulfonamides is 1. The topological polar surface area (TPSA) is 84.9 Å².